The Morgan fingerprint density at radius 1 is 1.21 bits per heavy atom. The topological polar surface area (TPSA) is 30.5 Å². The number of methoxy groups -OCH3 is 1. The van der Waals surface area contributed by atoms with E-state index >= 15 is 0 Å². The normalized spacial score (nSPS) is 13.1. The lowest BCUT2D eigenvalue weighted by atomic mass is 10.1. The highest BCUT2D eigenvalue weighted by atomic mass is 16.5. The van der Waals surface area contributed by atoms with Gasteiger partial charge in [-0.25, -0.2) is 0 Å². The van der Waals surface area contributed by atoms with Gasteiger partial charge in [-0.3, -0.25) is 0 Å². The van der Waals surface area contributed by atoms with Crippen LogP contribution >= 0.6 is 0 Å². The molecule has 0 aromatic heterocycles. The second-order valence-corrected chi connectivity index (χ2v) is 3.68. The van der Waals surface area contributed by atoms with Crippen LogP contribution in [-0.2, 0) is 9.47 Å². The molecule has 0 aromatic rings. The minimum atomic E-state index is 0.695. The monoisotopic (exact) mass is 203 g/mol. The average Bonchev–Trinajstić information content (AvgIpc) is 2.21. The Balaban J connectivity index is 2.92. The standard InChI is InChI=1S/C11H25NO2/c1-4-11(2)10-12-6-5-7-14-9-8-13-3/h11-12H,4-10H2,1-3H3. The van der Waals surface area contributed by atoms with E-state index in [0.29, 0.717) is 13.2 Å². The molecule has 3 nitrogen and oxygen atoms in total. The molecule has 0 aliphatic heterocycles. The summed E-state index contributed by atoms with van der Waals surface area (Å²) >= 11 is 0. The number of ether oxygens (including phenoxy) is 2. The van der Waals surface area contributed by atoms with E-state index in [1.807, 2.05) is 0 Å². The van der Waals surface area contributed by atoms with Gasteiger partial charge in [0.05, 0.1) is 13.2 Å². The van der Waals surface area contributed by atoms with E-state index in [2.05, 4.69) is 19.2 Å². The van der Waals surface area contributed by atoms with Crippen LogP contribution in [0.4, 0.5) is 0 Å². The fourth-order valence-corrected chi connectivity index (χ4v) is 1.04. The van der Waals surface area contributed by atoms with Crippen molar-refractivity contribution in [1.82, 2.24) is 5.32 Å². The van der Waals surface area contributed by atoms with Crippen LogP contribution < -0.4 is 5.32 Å². The largest absolute Gasteiger partial charge is 0.382 e. The van der Waals surface area contributed by atoms with Crippen molar-refractivity contribution in [3.63, 3.8) is 0 Å². The Kier molecular flexibility index (Phi) is 10.9. The lowest BCUT2D eigenvalue weighted by Gasteiger charge is -2.09. The molecule has 0 saturated heterocycles. The van der Waals surface area contributed by atoms with Gasteiger partial charge in [-0.05, 0) is 25.4 Å². The van der Waals surface area contributed by atoms with Crippen LogP contribution in [0.2, 0.25) is 0 Å². The summed E-state index contributed by atoms with van der Waals surface area (Å²) in [4.78, 5) is 0. The van der Waals surface area contributed by atoms with E-state index in [9.17, 15) is 0 Å². The minimum Gasteiger partial charge on any atom is -0.382 e. The summed E-state index contributed by atoms with van der Waals surface area (Å²) in [6.45, 7) is 8.90. The molecular weight excluding hydrogens is 178 g/mol. The molecule has 0 fully saturated rings. The van der Waals surface area contributed by atoms with E-state index < -0.39 is 0 Å². The number of rotatable bonds is 10. The van der Waals surface area contributed by atoms with Crippen molar-refractivity contribution in [2.24, 2.45) is 5.92 Å². The Morgan fingerprint density at radius 3 is 2.64 bits per heavy atom. The van der Waals surface area contributed by atoms with Crippen molar-refractivity contribution in [3.05, 3.63) is 0 Å². The van der Waals surface area contributed by atoms with Crippen molar-refractivity contribution in [2.45, 2.75) is 26.7 Å². The van der Waals surface area contributed by atoms with Gasteiger partial charge in [-0.1, -0.05) is 20.3 Å². The summed E-state index contributed by atoms with van der Waals surface area (Å²) in [5.41, 5.74) is 0. The third kappa shape index (κ3) is 9.96. The maximum absolute atomic E-state index is 5.34. The molecule has 0 radical (unpaired) electrons. The molecule has 0 rings (SSSR count). The average molecular weight is 203 g/mol. The summed E-state index contributed by atoms with van der Waals surface area (Å²) < 4.78 is 10.2. The Bertz CT molecular complexity index is 109. The molecule has 0 bridgehead atoms. The van der Waals surface area contributed by atoms with Crippen molar-refractivity contribution >= 4 is 0 Å². The van der Waals surface area contributed by atoms with Crippen molar-refractivity contribution in [2.75, 3.05) is 40.0 Å². The molecule has 0 aromatic carbocycles. The van der Waals surface area contributed by atoms with Gasteiger partial charge in [-0.15, -0.1) is 0 Å². The maximum Gasteiger partial charge on any atom is 0.0700 e. The van der Waals surface area contributed by atoms with Gasteiger partial charge in [0.2, 0.25) is 0 Å². The molecule has 0 saturated carbocycles. The third-order valence-electron chi connectivity index (χ3n) is 2.26. The highest BCUT2D eigenvalue weighted by Gasteiger charge is 1.96. The van der Waals surface area contributed by atoms with Crippen LogP contribution in [0.5, 0.6) is 0 Å². The zero-order chi connectivity index (χ0) is 10.6. The van der Waals surface area contributed by atoms with Gasteiger partial charge in [0.25, 0.3) is 0 Å². The lowest BCUT2D eigenvalue weighted by Crippen LogP contribution is -2.22. The van der Waals surface area contributed by atoms with Crippen molar-refractivity contribution < 1.29 is 9.47 Å². The molecule has 86 valence electrons. The van der Waals surface area contributed by atoms with Gasteiger partial charge in [0.1, 0.15) is 0 Å². The first kappa shape index (κ1) is 13.9. The molecule has 0 aliphatic carbocycles. The van der Waals surface area contributed by atoms with E-state index in [-0.39, 0.29) is 0 Å². The molecule has 3 heteroatoms. The predicted molar refractivity (Wildman–Crippen MR) is 59.6 cm³/mol. The van der Waals surface area contributed by atoms with E-state index in [1.165, 1.54) is 6.42 Å². The van der Waals surface area contributed by atoms with Crippen molar-refractivity contribution in [1.29, 1.82) is 0 Å². The Morgan fingerprint density at radius 2 is 2.00 bits per heavy atom. The van der Waals surface area contributed by atoms with Crippen LogP contribution in [-0.4, -0.2) is 40.0 Å². The fraction of sp³-hybridized carbons (Fsp3) is 1.00. The molecule has 14 heavy (non-hydrogen) atoms. The molecule has 1 atom stereocenters. The van der Waals surface area contributed by atoms with E-state index in [1.54, 1.807) is 7.11 Å². The van der Waals surface area contributed by atoms with Crippen LogP contribution in [0, 0.1) is 5.92 Å². The first-order valence-corrected chi connectivity index (χ1v) is 5.58. The van der Waals surface area contributed by atoms with E-state index in [4.69, 9.17) is 9.47 Å². The molecule has 0 aliphatic rings. The maximum atomic E-state index is 5.34. The summed E-state index contributed by atoms with van der Waals surface area (Å²) in [5.74, 6) is 0.782. The van der Waals surface area contributed by atoms with Crippen LogP contribution in [0.25, 0.3) is 0 Å². The molecule has 0 heterocycles. The highest BCUT2D eigenvalue weighted by molar-refractivity contribution is 4.54. The second-order valence-electron chi connectivity index (χ2n) is 3.68. The summed E-state index contributed by atoms with van der Waals surface area (Å²) in [6, 6.07) is 0. The van der Waals surface area contributed by atoms with Crippen LogP contribution in [0.15, 0.2) is 0 Å². The lowest BCUT2D eigenvalue weighted by molar-refractivity contribution is 0.0694. The zero-order valence-electron chi connectivity index (χ0n) is 9.84. The van der Waals surface area contributed by atoms with Crippen molar-refractivity contribution in [3.8, 4) is 0 Å². The zero-order valence-corrected chi connectivity index (χ0v) is 9.84. The molecular formula is C11H25NO2. The van der Waals surface area contributed by atoms with Gasteiger partial charge < -0.3 is 14.8 Å². The van der Waals surface area contributed by atoms with Gasteiger partial charge >= 0.3 is 0 Å². The fourth-order valence-electron chi connectivity index (χ4n) is 1.04. The molecule has 0 spiro atoms. The SMILES string of the molecule is CCC(C)CNCCCOCCOC. The van der Waals surface area contributed by atoms with Gasteiger partial charge in [0, 0.05) is 13.7 Å². The quantitative estimate of drug-likeness (QED) is 0.548. The highest BCUT2D eigenvalue weighted by Crippen LogP contribution is 1.96. The molecule has 1 N–H and O–H groups in total. The van der Waals surface area contributed by atoms with Gasteiger partial charge in [-0.2, -0.15) is 0 Å². The summed E-state index contributed by atoms with van der Waals surface area (Å²) in [5, 5.41) is 3.42. The smallest absolute Gasteiger partial charge is 0.0700 e. The van der Waals surface area contributed by atoms with Gasteiger partial charge in [0.15, 0.2) is 0 Å². The number of hydrogen-bond acceptors (Lipinski definition) is 3. The Labute approximate surface area is 88.2 Å². The minimum absolute atomic E-state index is 0.695. The summed E-state index contributed by atoms with van der Waals surface area (Å²) in [7, 11) is 1.69. The van der Waals surface area contributed by atoms with Crippen LogP contribution in [0.3, 0.4) is 0 Å². The molecule has 0 amide bonds. The third-order valence-corrected chi connectivity index (χ3v) is 2.26. The number of hydrogen-bond donors (Lipinski definition) is 1. The first-order chi connectivity index (χ1) is 6.81. The molecule has 1 unspecified atom stereocenters. The van der Waals surface area contributed by atoms with E-state index in [0.717, 1.165) is 32.0 Å². The van der Waals surface area contributed by atoms with Crippen LogP contribution in [0.1, 0.15) is 26.7 Å². The Hall–Kier alpha value is -0.120. The second kappa shape index (κ2) is 11.0. The predicted octanol–water partition coefficient (Wildman–Crippen LogP) is 1.68. The summed E-state index contributed by atoms with van der Waals surface area (Å²) in [6.07, 6.45) is 2.33. The first-order valence-electron chi connectivity index (χ1n) is 5.58. The number of nitrogens with one attached hydrogen (secondary N) is 1.